The first kappa shape index (κ1) is 17.6. The molecule has 2 rings (SSSR count). The minimum atomic E-state index is -1.06. The largest absolute Gasteiger partial charge is 0.465 e. The minimum absolute atomic E-state index is 0.0462. The molecule has 24 heavy (non-hydrogen) atoms. The number of hydrogen-bond donors (Lipinski definition) is 1. The van der Waals surface area contributed by atoms with Gasteiger partial charge in [0.25, 0.3) is 0 Å². The van der Waals surface area contributed by atoms with Gasteiger partial charge in [-0.05, 0) is 12.5 Å². The van der Waals surface area contributed by atoms with E-state index in [1.54, 1.807) is 19.1 Å². The second-order valence-corrected chi connectivity index (χ2v) is 5.62. The smallest absolute Gasteiger partial charge is 0.419 e. The molecule has 2 atom stereocenters. The van der Waals surface area contributed by atoms with Gasteiger partial charge in [0, 0.05) is 19.5 Å². The monoisotopic (exact) mass is 336 g/mol. The van der Waals surface area contributed by atoms with Gasteiger partial charge >= 0.3 is 18.3 Å². The van der Waals surface area contributed by atoms with E-state index in [9.17, 15) is 14.4 Å². The summed E-state index contributed by atoms with van der Waals surface area (Å²) < 4.78 is 10.2. The Bertz CT molecular complexity index is 606. The molecule has 0 aromatic heterocycles. The number of ether oxygens (including phenoxy) is 2. The predicted molar refractivity (Wildman–Crippen MR) is 83.5 cm³/mol. The van der Waals surface area contributed by atoms with Crippen LogP contribution < -0.4 is 0 Å². The first-order valence-electron chi connectivity index (χ1n) is 7.53. The number of likely N-dealkylation sites (tertiary alicyclic amines) is 1. The van der Waals surface area contributed by atoms with E-state index in [4.69, 9.17) is 14.6 Å². The number of imide groups is 1. The normalized spacial score (nSPS) is 19.7. The van der Waals surface area contributed by atoms with Crippen LogP contribution in [-0.2, 0) is 16.1 Å². The van der Waals surface area contributed by atoms with Crippen molar-refractivity contribution in [3.05, 3.63) is 35.9 Å². The van der Waals surface area contributed by atoms with E-state index < -0.39 is 24.4 Å². The maximum atomic E-state index is 12.0. The third-order valence-corrected chi connectivity index (χ3v) is 3.80. The Morgan fingerprint density at radius 1 is 1.25 bits per heavy atom. The van der Waals surface area contributed by atoms with E-state index in [0.717, 1.165) is 10.5 Å². The van der Waals surface area contributed by atoms with E-state index in [0.29, 0.717) is 6.42 Å². The van der Waals surface area contributed by atoms with Crippen LogP contribution in [0.25, 0.3) is 0 Å². The van der Waals surface area contributed by atoms with Crippen molar-refractivity contribution in [2.45, 2.75) is 32.1 Å². The third kappa shape index (κ3) is 4.37. The third-order valence-electron chi connectivity index (χ3n) is 3.80. The van der Waals surface area contributed by atoms with Gasteiger partial charge in [0.15, 0.2) is 0 Å². The predicted octanol–water partition coefficient (Wildman–Crippen LogP) is 2.53. The lowest BCUT2D eigenvalue weighted by Crippen LogP contribution is -2.37. The molecule has 8 heteroatoms. The Morgan fingerprint density at radius 3 is 2.50 bits per heavy atom. The molecule has 0 bridgehead atoms. The van der Waals surface area contributed by atoms with Crippen LogP contribution in [0.5, 0.6) is 0 Å². The zero-order valence-electron chi connectivity index (χ0n) is 13.5. The zero-order chi connectivity index (χ0) is 17.7. The summed E-state index contributed by atoms with van der Waals surface area (Å²) >= 11 is 0. The van der Waals surface area contributed by atoms with Crippen LogP contribution >= 0.6 is 0 Å². The molecule has 1 aliphatic rings. The summed E-state index contributed by atoms with van der Waals surface area (Å²) in [6.45, 7) is 1.87. The summed E-state index contributed by atoms with van der Waals surface area (Å²) in [5.74, 6) is 0. The highest BCUT2D eigenvalue weighted by Gasteiger charge is 2.35. The molecule has 130 valence electrons. The van der Waals surface area contributed by atoms with Gasteiger partial charge in [0.2, 0.25) is 0 Å². The summed E-state index contributed by atoms with van der Waals surface area (Å²) in [6.07, 6.45) is -2.93. The highest BCUT2D eigenvalue weighted by molar-refractivity contribution is 5.87. The van der Waals surface area contributed by atoms with Gasteiger partial charge in [-0.25, -0.2) is 19.3 Å². The number of hydrogen-bond acceptors (Lipinski definition) is 5. The average Bonchev–Trinajstić information content (AvgIpc) is 2.93. The van der Waals surface area contributed by atoms with Gasteiger partial charge < -0.3 is 19.5 Å². The van der Waals surface area contributed by atoms with Crippen molar-refractivity contribution < 1.29 is 29.0 Å². The van der Waals surface area contributed by atoms with Crippen LogP contribution in [0.2, 0.25) is 0 Å². The fraction of sp³-hybridized carbons (Fsp3) is 0.438. The number of nitrogens with zero attached hydrogens (tertiary/aromatic N) is 2. The van der Waals surface area contributed by atoms with Crippen molar-refractivity contribution in [3.8, 4) is 0 Å². The van der Waals surface area contributed by atoms with Crippen molar-refractivity contribution >= 4 is 18.3 Å². The number of carbonyl (C=O) groups is 3. The van der Waals surface area contributed by atoms with Crippen molar-refractivity contribution in [1.82, 2.24) is 9.80 Å². The van der Waals surface area contributed by atoms with Crippen LogP contribution in [0, 0.1) is 0 Å². The quantitative estimate of drug-likeness (QED) is 0.911. The van der Waals surface area contributed by atoms with Crippen molar-refractivity contribution in [1.29, 1.82) is 0 Å². The number of rotatable bonds is 3. The molecular formula is C16H20N2O6. The molecule has 0 radical (unpaired) electrons. The molecule has 1 aliphatic heterocycles. The maximum absolute atomic E-state index is 12.0. The van der Waals surface area contributed by atoms with Crippen LogP contribution in [0.4, 0.5) is 14.4 Å². The summed E-state index contributed by atoms with van der Waals surface area (Å²) in [5.41, 5.74) is 0.800. The molecule has 8 nitrogen and oxygen atoms in total. The van der Waals surface area contributed by atoms with E-state index in [2.05, 4.69) is 0 Å². The Kier molecular flexibility index (Phi) is 5.62. The first-order chi connectivity index (χ1) is 11.4. The second kappa shape index (κ2) is 7.67. The molecule has 1 fully saturated rings. The summed E-state index contributed by atoms with van der Waals surface area (Å²) in [6, 6.07) is 8.83. The van der Waals surface area contributed by atoms with Gasteiger partial charge in [-0.2, -0.15) is 0 Å². The topological polar surface area (TPSA) is 96.4 Å². The van der Waals surface area contributed by atoms with Crippen molar-refractivity contribution in [2.75, 3.05) is 13.6 Å². The van der Waals surface area contributed by atoms with Crippen molar-refractivity contribution in [2.24, 2.45) is 0 Å². The summed E-state index contributed by atoms with van der Waals surface area (Å²) in [7, 11) is 1.25. The lowest BCUT2D eigenvalue weighted by Gasteiger charge is -2.18. The molecule has 1 saturated heterocycles. The average molecular weight is 336 g/mol. The highest BCUT2D eigenvalue weighted by Crippen LogP contribution is 2.20. The van der Waals surface area contributed by atoms with E-state index in [1.165, 1.54) is 11.9 Å². The zero-order valence-corrected chi connectivity index (χ0v) is 13.5. The molecule has 1 aromatic carbocycles. The van der Waals surface area contributed by atoms with E-state index >= 15 is 0 Å². The highest BCUT2D eigenvalue weighted by atomic mass is 16.6. The number of carbonyl (C=O) groups excluding carboxylic acids is 2. The standard InChI is InChI=1S/C16H20N2O6/c1-11-8-13(9-18(11)14(19)20)24-16(22)17(2)15(21)23-10-12-6-4-3-5-7-12/h3-7,11,13H,8-10H2,1-2H3,(H,19,20)/t11-,13-/m1/s1. The molecule has 0 aliphatic carbocycles. The molecule has 0 saturated carbocycles. The summed E-state index contributed by atoms with van der Waals surface area (Å²) in [4.78, 5) is 36.8. The van der Waals surface area contributed by atoms with Crippen LogP contribution in [-0.4, -0.2) is 58.9 Å². The van der Waals surface area contributed by atoms with Gasteiger partial charge in [-0.15, -0.1) is 0 Å². The van der Waals surface area contributed by atoms with Crippen LogP contribution in [0.1, 0.15) is 18.9 Å². The lowest BCUT2D eigenvalue weighted by atomic mass is 10.2. The van der Waals surface area contributed by atoms with Gasteiger partial charge in [-0.3, -0.25) is 0 Å². The Balaban J connectivity index is 1.81. The first-order valence-corrected chi connectivity index (χ1v) is 7.53. The van der Waals surface area contributed by atoms with Crippen molar-refractivity contribution in [3.63, 3.8) is 0 Å². The van der Waals surface area contributed by atoms with Gasteiger partial charge in [0.05, 0.1) is 6.54 Å². The van der Waals surface area contributed by atoms with Crippen LogP contribution in [0.15, 0.2) is 30.3 Å². The number of carboxylic acid groups (broad SMARTS) is 1. The van der Waals surface area contributed by atoms with E-state index in [-0.39, 0.29) is 19.2 Å². The molecule has 0 unspecified atom stereocenters. The lowest BCUT2D eigenvalue weighted by molar-refractivity contribution is 0.0584. The number of benzene rings is 1. The molecule has 1 N–H and O–H groups in total. The van der Waals surface area contributed by atoms with Crippen LogP contribution in [0.3, 0.4) is 0 Å². The minimum Gasteiger partial charge on any atom is -0.465 e. The number of amides is 3. The SMILES string of the molecule is C[C@@H]1C[C@@H](OC(=O)N(C)C(=O)OCc2ccccc2)CN1C(=O)O. The maximum Gasteiger partial charge on any atom is 0.419 e. The van der Waals surface area contributed by atoms with Gasteiger partial charge in [0.1, 0.15) is 12.7 Å². The molecule has 3 amide bonds. The Hall–Kier alpha value is -2.77. The molecule has 1 heterocycles. The second-order valence-electron chi connectivity index (χ2n) is 5.62. The van der Waals surface area contributed by atoms with E-state index in [1.807, 2.05) is 18.2 Å². The molecular weight excluding hydrogens is 316 g/mol. The molecule has 1 aromatic rings. The summed E-state index contributed by atoms with van der Waals surface area (Å²) in [5, 5.41) is 9.01. The Labute approximate surface area is 139 Å². The molecule has 0 spiro atoms. The fourth-order valence-electron chi connectivity index (χ4n) is 2.45. The van der Waals surface area contributed by atoms with Gasteiger partial charge in [-0.1, -0.05) is 30.3 Å². The Morgan fingerprint density at radius 2 is 1.92 bits per heavy atom. The fourth-order valence-corrected chi connectivity index (χ4v) is 2.45.